The summed E-state index contributed by atoms with van der Waals surface area (Å²) >= 11 is 0. The number of ether oxygens (including phenoxy) is 2. The van der Waals surface area contributed by atoms with Gasteiger partial charge in [-0.15, -0.1) is 0 Å². The highest BCUT2D eigenvalue weighted by molar-refractivity contribution is 5.98. The van der Waals surface area contributed by atoms with Crippen molar-refractivity contribution in [1.82, 2.24) is 14.7 Å². The molecule has 0 atom stereocenters. The number of methoxy groups -OCH3 is 1. The lowest BCUT2D eigenvalue weighted by Gasteiger charge is -2.34. The van der Waals surface area contributed by atoms with Crippen LogP contribution in [0.4, 0.5) is 0 Å². The third-order valence-electron chi connectivity index (χ3n) is 6.66. The van der Waals surface area contributed by atoms with E-state index in [9.17, 15) is 14.4 Å². The summed E-state index contributed by atoms with van der Waals surface area (Å²) in [6.45, 7) is 7.00. The molecule has 1 fully saturated rings. The van der Waals surface area contributed by atoms with E-state index >= 15 is 0 Å². The maximum Gasteiger partial charge on any atom is 0.223 e. The average molecular weight is 480 g/mol. The summed E-state index contributed by atoms with van der Waals surface area (Å²) in [6, 6.07) is 13.1. The van der Waals surface area contributed by atoms with E-state index in [2.05, 4.69) is 17.0 Å². The van der Waals surface area contributed by atoms with Gasteiger partial charge in [-0.3, -0.25) is 19.3 Å². The first-order chi connectivity index (χ1) is 16.9. The fourth-order valence-electron chi connectivity index (χ4n) is 4.54. The van der Waals surface area contributed by atoms with Crippen molar-refractivity contribution >= 4 is 17.6 Å². The van der Waals surface area contributed by atoms with Crippen LogP contribution in [0.1, 0.15) is 41.3 Å². The fourth-order valence-corrected chi connectivity index (χ4v) is 4.54. The molecule has 2 aliphatic heterocycles. The molecule has 2 heterocycles. The second kappa shape index (κ2) is 11.4. The van der Waals surface area contributed by atoms with Gasteiger partial charge >= 0.3 is 0 Å². The van der Waals surface area contributed by atoms with Gasteiger partial charge in [0.05, 0.1) is 13.7 Å². The number of Topliss-reactive ketones (excluding diaryl/α,β-unsaturated/α-hetero) is 1. The van der Waals surface area contributed by atoms with Gasteiger partial charge in [0, 0.05) is 70.2 Å². The van der Waals surface area contributed by atoms with Crippen LogP contribution >= 0.6 is 0 Å². The smallest absolute Gasteiger partial charge is 0.223 e. The largest absolute Gasteiger partial charge is 0.497 e. The highest BCUT2D eigenvalue weighted by atomic mass is 16.5. The lowest BCUT2D eigenvalue weighted by Crippen LogP contribution is -2.47. The molecular formula is C27H33N3O5. The minimum absolute atomic E-state index is 0.0472. The molecule has 4 rings (SSSR count). The molecule has 2 aromatic carbocycles. The predicted molar refractivity (Wildman–Crippen MR) is 131 cm³/mol. The lowest BCUT2D eigenvalue weighted by molar-refractivity contribution is -0.132. The SMILES string of the molecule is COc1ccc(C(=O)CCC(=O)N2CCOc3ccc(CN4CCN(C(C)=O)CC4)cc3C2)cc1. The fraction of sp³-hybridized carbons (Fsp3) is 0.444. The standard InChI is InChI=1S/C27H33N3O5/c1-20(31)29-13-11-28(12-14-29)18-21-3-9-26-23(17-21)19-30(15-16-35-26)27(33)10-8-25(32)22-4-6-24(34-2)7-5-22/h3-7,9,17H,8,10-16,18-19H2,1-2H3. The number of benzene rings is 2. The molecule has 0 aromatic heterocycles. The van der Waals surface area contributed by atoms with Gasteiger partial charge in [0.2, 0.25) is 11.8 Å². The molecule has 0 bridgehead atoms. The Kier molecular flexibility index (Phi) is 8.02. The molecule has 0 radical (unpaired) electrons. The number of rotatable bonds is 7. The molecule has 0 unspecified atom stereocenters. The van der Waals surface area contributed by atoms with Crippen molar-refractivity contribution in [3.05, 3.63) is 59.2 Å². The predicted octanol–water partition coefficient (Wildman–Crippen LogP) is 2.74. The molecule has 2 aromatic rings. The lowest BCUT2D eigenvalue weighted by atomic mass is 10.1. The maximum absolute atomic E-state index is 12.9. The second-order valence-corrected chi connectivity index (χ2v) is 9.04. The van der Waals surface area contributed by atoms with E-state index in [0.29, 0.717) is 31.0 Å². The average Bonchev–Trinajstić information content (AvgIpc) is 3.09. The van der Waals surface area contributed by atoms with Crippen LogP contribution in [-0.4, -0.2) is 78.7 Å². The van der Waals surface area contributed by atoms with Gasteiger partial charge in [-0.25, -0.2) is 0 Å². The summed E-state index contributed by atoms with van der Waals surface area (Å²) in [6.07, 6.45) is 0.335. The van der Waals surface area contributed by atoms with E-state index in [0.717, 1.165) is 49.6 Å². The van der Waals surface area contributed by atoms with Gasteiger partial charge in [0.15, 0.2) is 5.78 Å². The highest BCUT2D eigenvalue weighted by Crippen LogP contribution is 2.26. The minimum Gasteiger partial charge on any atom is -0.497 e. The summed E-state index contributed by atoms with van der Waals surface area (Å²) in [5, 5.41) is 0. The van der Waals surface area contributed by atoms with Crippen molar-refractivity contribution < 1.29 is 23.9 Å². The molecular weight excluding hydrogens is 446 g/mol. The van der Waals surface area contributed by atoms with E-state index in [-0.39, 0.29) is 30.4 Å². The van der Waals surface area contributed by atoms with Crippen LogP contribution in [0.2, 0.25) is 0 Å². The molecule has 8 nitrogen and oxygen atoms in total. The van der Waals surface area contributed by atoms with Gasteiger partial charge in [0.25, 0.3) is 0 Å². The zero-order chi connectivity index (χ0) is 24.8. The van der Waals surface area contributed by atoms with Crippen LogP contribution < -0.4 is 9.47 Å². The molecule has 186 valence electrons. The number of amides is 2. The molecule has 8 heteroatoms. The van der Waals surface area contributed by atoms with E-state index in [1.807, 2.05) is 11.0 Å². The van der Waals surface area contributed by atoms with Gasteiger partial charge in [-0.05, 0) is 42.0 Å². The normalized spacial score (nSPS) is 16.2. The van der Waals surface area contributed by atoms with Crippen LogP contribution in [0, 0.1) is 0 Å². The molecule has 1 saturated heterocycles. The Morgan fingerprint density at radius 3 is 2.34 bits per heavy atom. The van der Waals surface area contributed by atoms with Crippen molar-refractivity contribution in [3.8, 4) is 11.5 Å². The van der Waals surface area contributed by atoms with Crippen molar-refractivity contribution in [2.75, 3.05) is 46.4 Å². The monoisotopic (exact) mass is 479 g/mol. The molecule has 0 aliphatic carbocycles. The van der Waals surface area contributed by atoms with Crippen LogP contribution in [0.5, 0.6) is 11.5 Å². The number of ketones is 1. The first-order valence-corrected chi connectivity index (χ1v) is 12.1. The van der Waals surface area contributed by atoms with Crippen molar-refractivity contribution in [2.45, 2.75) is 32.9 Å². The Hall–Kier alpha value is -3.39. The maximum atomic E-state index is 12.9. The summed E-state index contributed by atoms with van der Waals surface area (Å²) < 4.78 is 11.0. The summed E-state index contributed by atoms with van der Waals surface area (Å²) in [5.74, 6) is 1.52. The van der Waals surface area contributed by atoms with E-state index in [1.54, 1.807) is 43.2 Å². The minimum atomic E-state index is -0.0559. The topological polar surface area (TPSA) is 79.4 Å². The molecule has 0 saturated carbocycles. The Morgan fingerprint density at radius 2 is 1.66 bits per heavy atom. The number of carbonyl (C=O) groups is 3. The van der Waals surface area contributed by atoms with Crippen molar-refractivity contribution in [1.29, 1.82) is 0 Å². The van der Waals surface area contributed by atoms with E-state index < -0.39 is 0 Å². The van der Waals surface area contributed by atoms with Gasteiger partial charge < -0.3 is 19.3 Å². The van der Waals surface area contributed by atoms with E-state index in [4.69, 9.17) is 9.47 Å². The zero-order valence-corrected chi connectivity index (χ0v) is 20.5. The summed E-state index contributed by atoms with van der Waals surface area (Å²) in [5.41, 5.74) is 2.72. The van der Waals surface area contributed by atoms with Crippen molar-refractivity contribution in [3.63, 3.8) is 0 Å². The van der Waals surface area contributed by atoms with Crippen LogP contribution in [-0.2, 0) is 22.7 Å². The first-order valence-electron chi connectivity index (χ1n) is 12.1. The van der Waals surface area contributed by atoms with Crippen LogP contribution in [0.15, 0.2) is 42.5 Å². The molecule has 2 aliphatic rings. The molecule has 0 N–H and O–H groups in total. The third kappa shape index (κ3) is 6.39. The van der Waals surface area contributed by atoms with Gasteiger partial charge in [-0.2, -0.15) is 0 Å². The number of carbonyl (C=O) groups excluding carboxylic acids is 3. The van der Waals surface area contributed by atoms with Crippen LogP contribution in [0.3, 0.4) is 0 Å². The van der Waals surface area contributed by atoms with Gasteiger partial charge in [-0.1, -0.05) is 6.07 Å². The quantitative estimate of drug-likeness (QED) is 0.569. The second-order valence-electron chi connectivity index (χ2n) is 9.04. The number of nitrogens with zero attached hydrogens (tertiary/aromatic N) is 3. The summed E-state index contributed by atoms with van der Waals surface area (Å²) in [4.78, 5) is 43.0. The highest BCUT2D eigenvalue weighted by Gasteiger charge is 2.22. The summed E-state index contributed by atoms with van der Waals surface area (Å²) in [7, 11) is 1.58. The van der Waals surface area contributed by atoms with Crippen molar-refractivity contribution in [2.24, 2.45) is 0 Å². The third-order valence-corrected chi connectivity index (χ3v) is 6.66. The Morgan fingerprint density at radius 1 is 0.914 bits per heavy atom. The number of piperazine rings is 1. The molecule has 35 heavy (non-hydrogen) atoms. The molecule has 0 spiro atoms. The molecule has 2 amide bonds. The number of hydrogen-bond donors (Lipinski definition) is 0. The van der Waals surface area contributed by atoms with E-state index in [1.165, 1.54) is 0 Å². The zero-order valence-electron chi connectivity index (χ0n) is 20.5. The number of hydrogen-bond acceptors (Lipinski definition) is 6. The first kappa shape index (κ1) is 24.7. The van der Waals surface area contributed by atoms with Crippen LogP contribution in [0.25, 0.3) is 0 Å². The number of fused-ring (bicyclic) bond motifs is 1. The Bertz CT molecular complexity index is 1060. The Balaban J connectivity index is 1.33. The van der Waals surface area contributed by atoms with Gasteiger partial charge in [0.1, 0.15) is 18.1 Å². The Labute approximate surface area is 206 Å².